The van der Waals surface area contributed by atoms with Gasteiger partial charge in [0.25, 0.3) is 0 Å². The third-order valence-corrected chi connectivity index (χ3v) is 6.86. The van der Waals surface area contributed by atoms with Gasteiger partial charge in [0, 0.05) is 38.6 Å². The van der Waals surface area contributed by atoms with E-state index in [1.54, 1.807) is 25.1 Å². The van der Waals surface area contributed by atoms with Gasteiger partial charge >= 0.3 is 0 Å². The van der Waals surface area contributed by atoms with E-state index in [1.807, 2.05) is 13.8 Å². The standard InChI is InChI=1S/C18H30N4O3S/c1-4-22(5-2)26(24,25)15-8-9-17(21-10-6-7-11-21)16(12-15)20-18(23)14(3)13-19/h8-9,12,14H,4-7,10-11,13,19H2,1-3H3,(H,20,23). The molecular formula is C18H30N4O3S. The van der Waals surface area contributed by atoms with Crippen LogP contribution in [-0.4, -0.2) is 51.4 Å². The Morgan fingerprint density at radius 2 is 1.88 bits per heavy atom. The second kappa shape index (κ2) is 8.83. The molecule has 8 heteroatoms. The number of nitrogens with zero attached hydrogens (tertiary/aromatic N) is 2. The lowest BCUT2D eigenvalue weighted by atomic mass is 10.1. The molecule has 146 valence electrons. The molecule has 1 aliphatic heterocycles. The Bertz CT molecular complexity index is 726. The molecule has 7 nitrogen and oxygen atoms in total. The number of rotatable bonds is 8. The van der Waals surface area contributed by atoms with E-state index >= 15 is 0 Å². The third kappa shape index (κ3) is 4.36. The van der Waals surface area contributed by atoms with Crippen molar-refractivity contribution >= 4 is 27.3 Å². The van der Waals surface area contributed by atoms with E-state index in [9.17, 15) is 13.2 Å². The number of nitrogens with one attached hydrogen (secondary N) is 1. The van der Waals surface area contributed by atoms with Crippen molar-refractivity contribution in [1.29, 1.82) is 0 Å². The lowest BCUT2D eigenvalue weighted by molar-refractivity contribution is -0.119. The highest BCUT2D eigenvalue weighted by molar-refractivity contribution is 7.89. The van der Waals surface area contributed by atoms with Gasteiger partial charge in [-0.1, -0.05) is 20.8 Å². The minimum atomic E-state index is -3.59. The van der Waals surface area contributed by atoms with Gasteiger partial charge in [-0.05, 0) is 31.0 Å². The van der Waals surface area contributed by atoms with E-state index in [0.717, 1.165) is 31.6 Å². The molecule has 1 unspecified atom stereocenters. The lowest BCUT2D eigenvalue weighted by Gasteiger charge is -2.24. The normalized spacial score (nSPS) is 16.1. The van der Waals surface area contributed by atoms with Gasteiger partial charge in [-0.2, -0.15) is 4.31 Å². The first kappa shape index (κ1) is 20.7. The summed E-state index contributed by atoms with van der Waals surface area (Å²) in [5.74, 6) is -0.546. The van der Waals surface area contributed by atoms with Crippen molar-refractivity contribution in [1.82, 2.24) is 4.31 Å². The molecule has 0 spiro atoms. The van der Waals surface area contributed by atoms with Gasteiger partial charge in [-0.25, -0.2) is 8.42 Å². The molecule has 0 bridgehead atoms. The van der Waals surface area contributed by atoms with Crippen molar-refractivity contribution in [2.45, 2.75) is 38.5 Å². The lowest BCUT2D eigenvalue weighted by Crippen LogP contribution is -2.31. The van der Waals surface area contributed by atoms with Gasteiger partial charge in [0.1, 0.15) is 0 Å². The van der Waals surface area contributed by atoms with Crippen LogP contribution in [-0.2, 0) is 14.8 Å². The molecule has 1 atom stereocenters. The second-order valence-electron chi connectivity index (χ2n) is 6.59. The van der Waals surface area contributed by atoms with Crippen LogP contribution in [0.15, 0.2) is 23.1 Å². The summed E-state index contributed by atoms with van der Waals surface area (Å²) < 4.78 is 27.1. The average Bonchev–Trinajstić information content (AvgIpc) is 3.16. The molecule has 1 aliphatic rings. The summed E-state index contributed by atoms with van der Waals surface area (Å²) in [6, 6.07) is 5.00. The van der Waals surface area contributed by atoms with Crippen molar-refractivity contribution in [2.75, 3.05) is 42.9 Å². The molecule has 26 heavy (non-hydrogen) atoms. The number of benzene rings is 1. The first-order valence-corrected chi connectivity index (χ1v) is 10.7. The SMILES string of the molecule is CCN(CC)S(=O)(=O)c1ccc(N2CCCC2)c(NC(=O)C(C)CN)c1. The topological polar surface area (TPSA) is 95.7 Å². The fraction of sp³-hybridized carbons (Fsp3) is 0.611. The van der Waals surface area contributed by atoms with Crippen molar-refractivity contribution in [3.8, 4) is 0 Å². The molecule has 1 fully saturated rings. The summed E-state index contributed by atoms with van der Waals surface area (Å²) in [5.41, 5.74) is 6.98. The number of carbonyl (C=O) groups excluding carboxylic acids is 1. The molecule has 1 heterocycles. The predicted octanol–water partition coefficient (Wildman–Crippen LogP) is 1.85. The van der Waals surface area contributed by atoms with Crippen LogP contribution in [0.25, 0.3) is 0 Å². The fourth-order valence-corrected chi connectivity index (χ4v) is 4.57. The largest absolute Gasteiger partial charge is 0.370 e. The summed E-state index contributed by atoms with van der Waals surface area (Å²) in [5, 5.41) is 2.88. The van der Waals surface area contributed by atoms with E-state index in [-0.39, 0.29) is 23.3 Å². The Hall–Kier alpha value is -1.64. The molecule has 0 aromatic heterocycles. The number of anilines is 2. The summed E-state index contributed by atoms with van der Waals surface area (Å²) >= 11 is 0. The van der Waals surface area contributed by atoms with E-state index in [1.165, 1.54) is 4.31 Å². The number of nitrogens with two attached hydrogens (primary N) is 1. The highest BCUT2D eigenvalue weighted by atomic mass is 32.2. The Kier molecular flexibility index (Phi) is 7.02. The molecule has 2 rings (SSSR count). The zero-order valence-corrected chi connectivity index (χ0v) is 16.7. The Morgan fingerprint density at radius 3 is 2.42 bits per heavy atom. The highest BCUT2D eigenvalue weighted by Crippen LogP contribution is 2.32. The van der Waals surface area contributed by atoms with Crippen LogP contribution >= 0.6 is 0 Å². The van der Waals surface area contributed by atoms with Crippen LogP contribution in [0.5, 0.6) is 0 Å². The van der Waals surface area contributed by atoms with Crippen LogP contribution in [0, 0.1) is 5.92 Å². The van der Waals surface area contributed by atoms with Crippen molar-refractivity contribution in [3.63, 3.8) is 0 Å². The summed E-state index contributed by atoms with van der Waals surface area (Å²) in [6.07, 6.45) is 2.18. The van der Waals surface area contributed by atoms with Crippen molar-refractivity contribution in [3.05, 3.63) is 18.2 Å². The molecule has 1 aromatic rings. The molecule has 0 saturated carbocycles. The first-order valence-electron chi connectivity index (χ1n) is 9.25. The minimum Gasteiger partial charge on any atom is -0.370 e. The van der Waals surface area contributed by atoms with Crippen molar-refractivity contribution in [2.24, 2.45) is 11.7 Å². The quantitative estimate of drug-likeness (QED) is 0.715. The molecule has 0 aliphatic carbocycles. The van der Waals surface area contributed by atoms with Crippen LogP contribution < -0.4 is 16.0 Å². The van der Waals surface area contributed by atoms with Crippen LogP contribution in [0.2, 0.25) is 0 Å². The number of hydrogen-bond acceptors (Lipinski definition) is 5. The maximum absolute atomic E-state index is 12.8. The van der Waals surface area contributed by atoms with E-state index in [0.29, 0.717) is 18.8 Å². The molecule has 1 amide bonds. The smallest absolute Gasteiger partial charge is 0.243 e. The van der Waals surface area contributed by atoms with E-state index in [2.05, 4.69) is 10.2 Å². The average molecular weight is 383 g/mol. The van der Waals surface area contributed by atoms with Gasteiger partial charge in [0.15, 0.2) is 0 Å². The zero-order valence-electron chi connectivity index (χ0n) is 15.9. The molecular weight excluding hydrogens is 352 g/mol. The Labute approximate surface area is 156 Å². The summed E-state index contributed by atoms with van der Waals surface area (Å²) in [6.45, 7) is 8.21. The predicted molar refractivity (Wildman–Crippen MR) is 105 cm³/mol. The van der Waals surface area contributed by atoms with Gasteiger partial charge < -0.3 is 16.0 Å². The minimum absolute atomic E-state index is 0.194. The molecule has 0 radical (unpaired) electrons. The zero-order chi connectivity index (χ0) is 19.3. The Balaban J connectivity index is 2.44. The number of carbonyl (C=O) groups is 1. The van der Waals surface area contributed by atoms with E-state index < -0.39 is 10.0 Å². The van der Waals surface area contributed by atoms with Crippen LogP contribution in [0.4, 0.5) is 11.4 Å². The summed E-state index contributed by atoms with van der Waals surface area (Å²) in [4.78, 5) is 14.7. The fourth-order valence-electron chi connectivity index (χ4n) is 3.09. The first-order chi connectivity index (χ1) is 12.3. The molecule has 1 aromatic carbocycles. The second-order valence-corrected chi connectivity index (χ2v) is 8.53. The number of amides is 1. The van der Waals surface area contributed by atoms with Crippen molar-refractivity contribution < 1.29 is 13.2 Å². The molecule has 1 saturated heterocycles. The van der Waals surface area contributed by atoms with Gasteiger partial charge in [-0.15, -0.1) is 0 Å². The molecule has 3 N–H and O–H groups in total. The van der Waals surface area contributed by atoms with Gasteiger partial charge in [-0.3, -0.25) is 4.79 Å². The maximum Gasteiger partial charge on any atom is 0.243 e. The van der Waals surface area contributed by atoms with Gasteiger partial charge in [0.2, 0.25) is 15.9 Å². The Morgan fingerprint density at radius 1 is 1.27 bits per heavy atom. The van der Waals surface area contributed by atoms with Crippen LogP contribution in [0.3, 0.4) is 0 Å². The monoisotopic (exact) mass is 382 g/mol. The number of sulfonamides is 1. The van der Waals surface area contributed by atoms with Crippen LogP contribution in [0.1, 0.15) is 33.6 Å². The van der Waals surface area contributed by atoms with E-state index in [4.69, 9.17) is 5.73 Å². The third-order valence-electron chi connectivity index (χ3n) is 4.82. The van der Waals surface area contributed by atoms with Gasteiger partial charge in [0.05, 0.1) is 16.3 Å². The number of hydrogen-bond donors (Lipinski definition) is 2. The highest BCUT2D eigenvalue weighted by Gasteiger charge is 2.25. The maximum atomic E-state index is 12.8. The summed E-state index contributed by atoms with van der Waals surface area (Å²) in [7, 11) is -3.59.